The number of carbonyl (C=O) groups excluding carboxylic acids is 4. The lowest BCUT2D eigenvalue weighted by Gasteiger charge is -2.31. The molecule has 0 saturated heterocycles. The Morgan fingerprint density at radius 1 is 1.08 bits per heavy atom. The number of hydrogen-bond acceptors (Lipinski definition) is 7. The zero-order chi connectivity index (χ0) is 27.4. The van der Waals surface area contributed by atoms with E-state index in [1.165, 1.54) is 19.3 Å². The van der Waals surface area contributed by atoms with Crippen LogP contribution in [0.15, 0.2) is 90.8 Å². The van der Waals surface area contributed by atoms with Gasteiger partial charge >= 0.3 is 0 Å². The van der Waals surface area contributed by atoms with Crippen molar-refractivity contribution in [2.45, 2.75) is 44.3 Å². The van der Waals surface area contributed by atoms with E-state index in [2.05, 4.69) is 13.5 Å². The molecule has 2 aliphatic rings. The third-order valence-corrected chi connectivity index (χ3v) is 6.19. The summed E-state index contributed by atoms with van der Waals surface area (Å²) in [6.07, 6.45) is 12.0. The summed E-state index contributed by atoms with van der Waals surface area (Å²) >= 11 is 0. The number of unbranched alkanes of at least 4 members (excludes halogenated alkanes) is 1. The summed E-state index contributed by atoms with van der Waals surface area (Å²) < 4.78 is 4.86. The van der Waals surface area contributed by atoms with Crippen LogP contribution in [0.4, 0.5) is 0 Å². The molecule has 3 rings (SSSR count). The van der Waals surface area contributed by atoms with Crippen LogP contribution in [0.5, 0.6) is 0 Å². The van der Waals surface area contributed by atoms with E-state index in [0.717, 1.165) is 18.4 Å². The highest BCUT2D eigenvalue weighted by atomic mass is 16.5. The Balaban J connectivity index is 0.000000261. The molecule has 0 amide bonds. The number of aldehydes is 1. The summed E-state index contributed by atoms with van der Waals surface area (Å²) in [5, 5.41) is 18.9. The van der Waals surface area contributed by atoms with Crippen LogP contribution in [0.3, 0.4) is 0 Å². The Bertz CT molecular complexity index is 1090. The van der Waals surface area contributed by atoms with Crippen molar-refractivity contribution in [3.63, 3.8) is 0 Å². The molecule has 7 nitrogen and oxygen atoms in total. The van der Waals surface area contributed by atoms with Gasteiger partial charge in [-0.3, -0.25) is 14.4 Å². The number of aliphatic hydroxyl groups excluding tert-OH is 2. The fourth-order valence-corrected chi connectivity index (χ4v) is 4.13. The van der Waals surface area contributed by atoms with Gasteiger partial charge in [-0.25, -0.2) is 0 Å². The largest absolute Gasteiger partial charge is 0.493 e. The maximum Gasteiger partial charge on any atom is 0.220 e. The highest BCUT2D eigenvalue weighted by Gasteiger charge is 2.41. The SMILES string of the molecule is C=CC(C1=CC(=O)C(OC)=CC1=O)c1ccccc1.CCCC=CC=CC1CC(O)C(O)C(=O)C1C=O. The Hall–Kier alpha value is -3.68. The topological polar surface area (TPSA) is 118 Å². The summed E-state index contributed by atoms with van der Waals surface area (Å²) in [4.78, 5) is 46.4. The van der Waals surface area contributed by atoms with Crippen LogP contribution < -0.4 is 0 Å². The Kier molecular flexibility index (Phi) is 11.8. The van der Waals surface area contributed by atoms with E-state index in [0.29, 0.717) is 11.9 Å². The minimum Gasteiger partial charge on any atom is -0.493 e. The highest BCUT2D eigenvalue weighted by molar-refractivity contribution is 6.19. The molecule has 0 bridgehead atoms. The van der Waals surface area contributed by atoms with E-state index in [-0.39, 0.29) is 35.6 Å². The molecule has 0 aromatic heterocycles. The minimum absolute atomic E-state index is 0.0737. The first kappa shape index (κ1) is 29.5. The number of benzene rings is 1. The molecule has 5 unspecified atom stereocenters. The van der Waals surface area contributed by atoms with Gasteiger partial charge in [0.25, 0.3) is 0 Å². The fourth-order valence-electron chi connectivity index (χ4n) is 4.13. The Morgan fingerprint density at radius 3 is 2.38 bits per heavy atom. The van der Waals surface area contributed by atoms with Gasteiger partial charge in [0.1, 0.15) is 12.4 Å². The van der Waals surface area contributed by atoms with Crippen LogP contribution in [0, 0.1) is 11.8 Å². The van der Waals surface area contributed by atoms with Crippen molar-refractivity contribution in [2.75, 3.05) is 7.11 Å². The number of Topliss-reactive ketones (excluding diaryl/α,β-unsaturated/α-hetero) is 1. The number of rotatable bonds is 9. The molecule has 196 valence electrons. The summed E-state index contributed by atoms with van der Waals surface area (Å²) in [7, 11) is 1.37. The molecule has 1 aromatic carbocycles. The number of aliphatic hydroxyl groups is 2. The first-order valence-corrected chi connectivity index (χ1v) is 12.2. The molecule has 0 spiro atoms. The van der Waals surface area contributed by atoms with E-state index in [1.54, 1.807) is 18.2 Å². The summed E-state index contributed by atoms with van der Waals surface area (Å²) in [5.41, 5.74) is 1.35. The molecule has 1 saturated carbocycles. The molecule has 7 heteroatoms. The first-order chi connectivity index (χ1) is 17.8. The first-order valence-electron chi connectivity index (χ1n) is 12.2. The van der Waals surface area contributed by atoms with Crippen LogP contribution >= 0.6 is 0 Å². The molecule has 0 aliphatic heterocycles. The number of hydrogen-bond donors (Lipinski definition) is 2. The standard InChI is InChI=1S/C16H14O3.C14H20O4/c1-3-12(11-7-5-4-6-8-11)13-9-15(18)16(19-2)10-14(13)17;1-2-3-4-5-6-7-10-8-12(16)14(18)13(17)11(10)9-15/h3-10,12H,1H2,2H3;4-7,9-12,14,16,18H,2-3,8H2,1H3. The summed E-state index contributed by atoms with van der Waals surface area (Å²) in [5.74, 6) is -2.49. The smallest absolute Gasteiger partial charge is 0.220 e. The second-order valence-corrected chi connectivity index (χ2v) is 8.74. The van der Waals surface area contributed by atoms with Crippen molar-refractivity contribution in [3.8, 4) is 0 Å². The molecule has 2 N–H and O–H groups in total. The van der Waals surface area contributed by atoms with Gasteiger partial charge in [0.2, 0.25) is 5.78 Å². The Labute approximate surface area is 217 Å². The second kappa shape index (κ2) is 14.8. The molecule has 0 radical (unpaired) electrons. The van der Waals surface area contributed by atoms with Crippen molar-refractivity contribution in [3.05, 3.63) is 96.3 Å². The number of allylic oxidation sites excluding steroid dienone is 8. The van der Waals surface area contributed by atoms with Crippen molar-refractivity contribution < 1.29 is 34.1 Å². The molecule has 5 atom stereocenters. The zero-order valence-corrected chi connectivity index (χ0v) is 21.2. The fraction of sp³-hybridized carbons (Fsp3) is 0.333. The van der Waals surface area contributed by atoms with Gasteiger partial charge in [-0.2, -0.15) is 0 Å². The van der Waals surface area contributed by atoms with Crippen LogP contribution in [0.25, 0.3) is 0 Å². The molecule has 0 heterocycles. The number of methoxy groups -OCH3 is 1. The average Bonchev–Trinajstić information content (AvgIpc) is 2.90. The van der Waals surface area contributed by atoms with Crippen molar-refractivity contribution in [1.82, 2.24) is 0 Å². The molecular weight excluding hydrogens is 472 g/mol. The predicted octanol–water partition coefficient (Wildman–Crippen LogP) is 3.59. The molecule has 2 aliphatic carbocycles. The zero-order valence-electron chi connectivity index (χ0n) is 21.2. The molecule has 1 fully saturated rings. The normalized spacial score (nSPS) is 24.7. The van der Waals surface area contributed by atoms with E-state index in [9.17, 15) is 29.4 Å². The lowest BCUT2D eigenvalue weighted by atomic mass is 9.76. The van der Waals surface area contributed by atoms with E-state index in [1.807, 2.05) is 42.5 Å². The van der Waals surface area contributed by atoms with E-state index < -0.39 is 23.9 Å². The number of ether oxygens (including phenoxy) is 1. The van der Waals surface area contributed by atoms with Gasteiger partial charge in [-0.15, -0.1) is 6.58 Å². The Morgan fingerprint density at radius 2 is 1.78 bits per heavy atom. The van der Waals surface area contributed by atoms with Gasteiger partial charge < -0.3 is 19.7 Å². The van der Waals surface area contributed by atoms with E-state index >= 15 is 0 Å². The molecule has 1 aromatic rings. The molecule has 37 heavy (non-hydrogen) atoms. The number of carbonyl (C=O) groups is 4. The van der Waals surface area contributed by atoms with Crippen molar-refractivity contribution >= 4 is 23.6 Å². The summed E-state index contributed by atoms with van der Waals surface area (Å²) in [6.45, 7) is 5.83. The second-order valence-electron chi connectivity index (χ2n) is 8.74. The van der Waals surface area contributed by atoms with Gasteiger partial charge in [-0.1, -0.05) is 74.1 Å². The van der Waals surface area contributed by atoms with Crippen LogP contribution in [0.2, 0.25) is 0 Å². The summed E-state index contributed by atoms with van der Waals surface area (Å²) in [6, 6.07) is 9.48. The quantitative estimate of drug-likeness (QED) is 0.173. The van der Waals surface area contributed by atoms with Crippen LogP contribution in [-0.2, 0) is 23.9 Å². The maximum atomic E-state index is 12.1. The third kappa shape index (κ3) is 7.90. The lowest BCUT2D eigenvalue weighted by Crippen LogP contribution is -2.47. The minimum atomic E-state index is -1.43. The predicted molar refractivity (Wildman–Crippen MR) is 140 cm³/mol. The van der Waals surface area contributed by atoms with Gasteiger partial charge in [0.15, 0.2) is 17.3 Å². The van der Waals surface area contributed by atoms with Gasteiger partial charge in [0.05, 0.1) is 19.1 Å². The molecular formula is C30H34O7. The van der Waals surface area contributed by atoms with Crippen LogP contribution in [-0.4, -0.2) is 53.2 Å². The van der Waals surface area contributed by atoms with Crippen molar-refractivity contribution in [2.24, 2.45) is 11.8 Å². The third-order valence-electron chi connectivity index (χ3n) is 6.19. The maximum absolute atomic E-state index is 12.1. The lowest BCUT2D eigenvalue weighted by molar-refractivity contribution is -0.146. The highest BCUT2D eigenvalue weighted by Crippen LogP contribution is 2.29. The van der Waals surface area contributed by atoms with Gasteiger partial charge in [-0.05, 0) is 30.4 Å². The monoisotopic (exact) mass is 506 g/mol. The van der Waals surface area contributed by atoms with E-state index in [4.69, 9.17) is 4.74 Å². The van der Waals surface area contributed by atoms with Crippen LogP contribution in [0.1, 0.15) is 37.7 Å². The van der Waals surface area contributed by atoms with Crippen molar-refractivity contribution in [1.29, 1.82) is 0 Å². The number of ketones is 3. The average molecular weight is 507 g/mol. The van der Waals surface area contributed by atoms with Gasteiger partial charge in [0, 0.05) is 17.6 Å².